The molecular formula is C11H14N4O4. The predicted molar refractivity (Wildman–Crippen MR) is 69.0 cm³/mol. The molecular weight excluding hydrogens is 252 g/mol. The molecule has 19 heavy (non-hydrogen) atoms. The van der Waals surface area contributed by atoms with Crippen LogP contribution in [0.2, 0.25) is 0 Å². The summed E-state index contributed by atoms with van der Waals surface area (Å²) in [5.74, 6) is -0.411. The minimum Gasteiger partial charge on any atom is -0.394 e. The van der Waals surface area contributed by atoms with Crippen LogP contribution in [0.4, 0.5) is 17.1 Å². The highest BCUT2D eigenvalue weighted by Gasteiger charge is 2.28. The van der Waals surface area contributed by atoms with Crippen molar-refractivity contribution in [3.63, 3.8) is 0 Å². The fourth-order valence-corrected chi connectivity index (χ4v) is 1.98. The number of hydrogen-bond acceptors (Lipinski definition) is 6. The summed E-state index contributed by atoms with van der Waals surface area (Å²) in [6.07, 6.45) is 0. The average Bonchev–Trinajstić information content (AvgIpc) is 2.37. The number of nitro benzene ring substituents is 1. The number of benzene rings is 1. The van der Waals surface area contributed by atoms with Gasteiger partial charge in [0.05, 0.1) is 22.9 Å². The van der Waals surface area contributed by atoms with Crippen molar-refractivity contribution in [2.24, 2.45) is 0 Å². The van der Waals surface area contributed by atoms with Crippen molar-refractivity contribution < 1.29 is 14.8 Å². The van der Waals surface area contributed by atoms with Gasteiger partial charge in [-0.1, -0.05) is 0 Å². The van der Waals surface area contributed by atoms with Crippen molar-refractivity contribution >= 4 is 23.0 Å². The van der Waals surface area contributed by atoms with Crippen molar-refractivity contribution in [1.29, 1.82) is 0 Å². The van der Waals surface area contributed by atoms with E-state index >= 15 is 0 Å². The van der Waals surface area contributed by atoms with E-state index in [0.717, 1.165) is 0 Å². The number of anilines is 2. The number of nitrogens with one attached hydrogen (secondary N) is 3. The van der Waals surface area contributed by atoms with E-state index in [0.29, 0.717) is 23.5 Å². The standard InChI is InChI=1S/C11H14N4O4/c1-12-4-6-2-7(15(18)19)3-8-10(6)13-9(5-16)11(17)14-8/h2-3,9,12-13,16H,4-5H2,1H3,(H,14,17). The van der Waals surface area contributed by atoms with Gasteiger partial charge in [0.15, 0.2) is 0 Å². The summed E-state index contributed by atoms with van der Waals surface area (Å²) in [5, 5.41) is 28.3. The predicted octanol–water partition coefficient (Wildman–Crippen LogP) is 0.0391. The van der Waals surface area contributed by atoms with Crippen LogP contribution in [0.25, 0.3) is 0 Å². The Morgan fingerprint density at radius 2 is 2.26 bits per heavy atom. The summed E-state index contributed by atoms with van der Waals surface area (Å²) >= 11 is 0. The second kappa shape index (κ2) is 5.21. The van der Waals surface area contributed by atoms with E-state index in [4.69, 9.17) is 5.11 Å². The number of aliphatic hydroxyl groups excluding tert-OH is 1. The lowest BCUT2D eigenvalue weighted by Crippen LogP contribution is -2.41. The molecule has 4 N–H and O–H groups in total. The molecule has 1 amide bonds. The number of fused-ring (bicyclic) bond motifs is 1. The molecule has 1 aliphatic rings. The number of carbonyl (C=O) groups is 1. The molecule has 1 aliphatic heterocycles. The summed E-state index contributed by atoms with van der Waals surface area (Å²) in [7, 11) is 1.72. The first-order chi connectivity index (χ1) is 9.06. The summed E-state index contributed by atoms with van der Waals surface area (Å²) in [4.78, 5) is 22.0. The maximum atomic E-state index is 11.6. The Morgan fingerprint density at radius 1 is 1.53 bits per heavy atom. The van der Waals surface area contributed by atoms with E-state index in [-0.39, 0.29) is 12.3 Å². The third-order valence-electron chi connectivity index (χ3n) is 2.86. The first kappa shape index (κ1) is 13.2. The molecule has 0 radical (unpaired) electrons. The number of non-ortho nitro benzene ring substituents is 1. The van der Waals surface area contributed by atoms with Crippen LogP contribution >= 0.6 is 0 Å². The van der Waals surface area contributed by atoms with E-state index in [9.17, 15) is 14.9 Å². The molecule has 1 aromatic carbocycles. The highest BCUT2D eigenvalue weighted by Crippen LogP contribution is 2.34. The molecule has 8 nitrogen and oxygen atoms in total. The Labute approximate surface area is 109 Å². The number of nitrogens with zero attached hydrogens (tertiary/aromatic N) is 1. The van der Waals surface area contributed by atoms with Gasteiger partial charge in [-0.25, -0.2) is 0 Å². The van der Waals surface area contributed by atoms with Crippen molar-refractivity contribution in [3.8, 4) is 0 Å². The van der Waals surface area contributed by atoms with Gasteiger partial charge in [0, 0.05) is 18.7 Å². The maximum Gasteiger partial charge on any atom is 0.271 e. The quantitative estimate of drug-likeness (QED) is 0.451. The molecule has 1 atom stereocenters. The minimum atomic E-state index is -0.746. The Balaban J connectivity index is 2.49. The molecule has 1 heterocycles. The Morgan fingerprint density at radius 3 is 2.84 bits per heavy atom. The molecule has 102 valence electrons. The monoisotopic (exact) mass is 266 g/mol. The van der Waals surface area contributed by atoms with Crippen LogP contribution in [0.1, 0.15) is 5.56 Å². The highest BCUT2D eigenvalue weighted by atomic mass is 16.6. The Bertz CT molecular complexity index is 532. The van der Waals surface area contributed by atoms with Gasteiger partial charge in [0.2, 0.25) is 5.91 Å². The first-order valence-corrected chi connectivity index (χ1v) is 5.71. The number of hydrogen-bond donors (Lipinski definition) is 4. The highest BCUT2D eigenvalue weighted by molar-refractivity contribution is 6.04. The van der Waals surface area contributed by atoms with Crippen LogP contribution in [0.3, 0.4) is 0 Å². The summed E-state index contributed by atoms with van der Waals surface area (Å²) in [6.45, 7) is 0.0618. The van der Waals surface area contributed by atoms with Crippen LogP contribution in [0.5, 0.6) is 0 Å². The molecule has 8 heteroatoms. The molecule has 0 fully saturated rings. The molecule has 1 aromatic rings. The van der Waals surface area contributed by atoms with E-state index in [1.165, 1.54) is 12.1 Å². The number of rotatable bonds is 4. The molecule has 0 aliphatic carbocycles. The van der Waals surface area contributed by atoms with Crippen molar-refractivity contribution in [1.82, 2.24) is 5.32 Å². The molecule has 0 aromatic heterocycles. The van der Waals surface area contributed by atoms with Gasteiger partial charge in [-0.15, -0.1) is 0 Å². The van der Waals surface area contributed by atoms with Crippen molar-refractivity contribution in [2.45, 2.75) is 12.6 Å². The van der Waals surface area contributed by atoms with Gasteiger partial charge < -0.3 is 21.1 Å². The lowest BCUT2D eigenvalue weighted by atomic mass is 10.1. The molecule has 0 spiro atoms. The van der Waals surface area contributed by atoms with Crippen LogP contribution in [-0.4, -0.2) is 35.6 Å². The third kappa shape index (κ3) is 2.49. The van der Waals surface area contributed by atoms with Gasteiger partial charge in [-0.2, -0.15) is 0 Å². The maximum absolute atomic E-state index is 11.6. The molecule has 1 unspecified atom stereocenters. The smallest absolute Gasteiger partial charge is 0.271 e. The fraction of sp³-hybridized carbons (Fsp3) is 0.364. The average molecular weight is 266 g/mol. The second-order valence-corrected chi connectivity index (χ2v) is 4.18. The lowest BCUT2D eigenvalue weighted by molar-refractivity contribution is -0.384. The fourth-order valence-electron chi connectivity index (χ4n) is 1.98. The minimum absolute atomic E-state index is 0.0893. The molecule has 0 saturated heterocycles. The topological polar surface area (TPSA) is 117 Å². The summed E-state index contributed by atoms with van der Waals surface area (Å²) in [6, 6.07) is 1.99. The summed E-state index contributed by atoms with van der Waals surface area (Å²) < 4.78 is 0. The largest absolute Gasteiger partial charge is 0.394 e. The number of amides is 1. The molecule has 2 rings (SSSR count). The van der Waals surface area contributed by atoms with Crippen LogP contribution in [-0.2, 0) is 11.3 Å². The summed E-state index contributed by atoms with van der Waals surface area (Å²) in [5.41, 5.74) is 1.52. The lowest BCUT2D eigenvalue weighted by Gasteiger charge is -2.27. The van der Waals surface area contributed by atoms with Gasteiger partial charge in [-0.05, 0) is 12.6 Å². The van der Waals surface area contributed by atoms with Gasteiger partial charge >= 0.3 is 0 Å². The normalized spacial score (nSPS) is 17.4. The number of nitro groups is 1. The Kier molecular flexibility index (Phi) is 3.63. The zero-order chi connectivity index (χ0) is 14.0. The zero-order valence-corrected chi connectivity index (χ0v) is 10.3. The number of carbonyl (C=O) groups excluding carboxylic acids is 1. The SMILES string of the molecule is CNCc1cc([N+](=O)[O-])cc2c1NC(CO)C(=O)N2. The third-order valence-corrected chi connectivity index (χ3v) is 2.86. The van der Waals surface area contributed by atoms with E-state index < -0.39 is 16.9 Å². The van der Waals surface area contributed by atoms with Gasteiger partial charge in [-0.3, -0.25) is 14.9 Å². The van der Waals surface area contributed by atoms with E-state index in [2.05, 4.69) is 16.0 Å². The van der Waals surface area contributed by atoms with Crippen molar-refractivity contribution in [2.75, 3.05) is 24.3 Å². The van der Waals surface area contributed by atoms with E-state index in [1.54, 1.807) is 7.05 Å². The molecule has 0 bridgehead atoms. The van der Waals surface area contributed by atoms with Crippen LogP contribution in [0.15, 0.2) is 12.1 Å². The van der Waals surface area contributed by atoms with Gasteiger partial charge in [0.25, 0.3) is 5.69 Å². The molecule has 0 saturated carbocycles. The number of aliphatic hydroxyl groups is 1. The second-order valence-electron chi connectivity index (χ2n) is 4.18. The van der Waals surface area contributed by atoms with Crippen molar-refractivity contribution in [3.05, 3.63) is 27.8 Å². The Hall–Kier alpha value is -2.19. The van der Waals surface area contributed by atoms with Gasteiger partial charge in [0.1, 0.15) is 6.04 Å². The first-order valence-electron chi connectivity index (χ1n) is 5.71. The van der Waals surface area contributed by atoms with Crippen LogP contribution < -0.4 is 16.0 Å². The van der Waals surface area contributed by atoms with Crippen LogP contribution in [0, 0.1) is 10.1 Å². The van der Waals surface area contributed by atoms with E-state index in [1.807, 2.05) is 0 Å². The zero-order valence-electron chi connectivity index (χ0n) is 10.3.